The molecule has 2 rings (SSSR count). The lowest BCUT2D eigenvalue weighted by atomic mass is 10.1. The van der Waals surface area contributed by atoms with Crippen LogP contribution in [-0.2, 0) is 25.5 Å². The summed E-state index contributed by atoms with van der Waals surface area (Å²) in [6.45, 7) is 2.09. The first-order chi connectivity index (χ1) is 13.6. The monoisotopic (exact) mass is 384 g/mol. The predicted molar refractivity (Wildman–Crippen MR) is 104 cm³/mol. The summed E-state index contributed by atoms with van der Waals surface area (Å²) in [4.78, 5) is 36.0. The Morgan fingerprint density at radius 1 is 1.14 bits per heavy atom. The van der Waals surface area contributed by atoms with Gasteiger partial charge in [-0.25, -0.2) is 4.79 Å². The maximum Gasteiger partial charge on any atom is 0.328 e. The topological polar surface area (TPSA) is 97.6 Å². The van der Waals surface area contributed by atoms with Crippen molar-refractivity contribution in [3.8, 4) is 0 Å². The number of amides is 2. The second-order valence-corrected chi connectivity index (χ2v) is 5.95. The number of esters is 1. The second-order valence-electron chi connectivity index (χ2n) is 5.95. The van der Waals surface area contributed by atoms with Crippen LogP contribution in [0.4, 0.5) is 0 Å². The van der Waals surface area contributed by atoms with E-state index < -0.39 is 12.0 Å². The third-order valence-corrected chi connectivity index (χ3v) is 3.78. The zero-order valence-corrected chi connectivity index (χ0v) is 15.7. The summed E-state index contributed by atoms with van der Waals surface area (Å²) in [6, 6.07) is 12.0. The molecule has 7 nitrogen and oxygen atoms in total. The minimum Gasteiger partial charge on any atom is -0.465 e. The van der Waals surface area contributed by atoms with Crippen LogP contribution in [-0.4, -0.2) is 37.0 Å². The number of nitrogens with one attached hydrogen (secondary N) is 2. The Labute approximate surface area is 163 Å². The quantitative estimate of drug-likeness (QED) is 0.483. The number of hydrogen-bond donors (Lipinski definition) is 2. The molecule has 0 aliphatic heterocycles. The van der Waals surface area contributed by atoms with Gasteiger partial charge in [-0.1, -0.05) is 30.3 Å². The van der Waals surface area contributed by atoms with E-state index >= 15 is 0 Å². The Morgan fingerprint density at radius 2 is 1.93 bits per heavy atom. The molecule has 2 amide bonds. The number of carbonyl (C=O) groups excluding carboxylic acids is 3. The van der Waals surface area contributed by atoms with Crippen molar-refractivity contribution in [1.82, 2.24) is 10.6 Å². The third kappa shape index (κ3) is 7.49. The summed E-state index contributed by atoms with van der Waals surface area (Å²) >= 11 is 0. The Bertz CT molecular complexity index is 784. The van der Waals surface area contributed by atoms with Crippen molar-refractivity contribution in [2.45, 2.75) is 25.8 Å². The highest BCUT2D eigenvalue weighted by molar-refractivity contribution is 5.91. The SMILES string of the molecule is CCOC(=O)C(Cc1ccccc1)NC(=O)CCNC(=O)/C=C/c1ccco1. The molecule has 0 fully saturated rings. The van der Waals surface area contributed by atoms with Gasteiger partial charge in [-0.3, -0.25) is 9.59 Å². The summed E-state index contributed by atoms with van der Waals surface area (Å²) < 4.78 is 10.1. The van der Waals surface area contributed by atoms with E-state index in [1.54, 1.807) is 19.1 Å². The van der Waals surface area contributed by atoms with E-state index in [1.165, 1.54) is 18.4 Å². The molecule has 0 bridgehead atoms. The van der Waals surface area contributed by atoms with Crippen LogP contribution in [0.3, 0.4) is 0 Å². The summed E-state index contributed by atoms with van der Waals surface area (Å²) in [5, 5.41) is 5.29. The second kappa shape index (κ2) is 11.4. The highest BCUT2D eigenvalue weighted by Gasteiger charge is 2.22. The molecule has 0 saturated carbocycles. The number of furan rings is 1. The first-order valence-electron chi connectivity index (χ1n) is 9.08. The molecule has 0 aliphatic carbocycles. The minimum absolute atomic E-state index is 0.0467. The highest BCUT2D eigenvalue weighted by Crippen LogP contribution is 2.05. The summed E-state index contributed by atoms with van der Waals surface area (Å²) in [5.74, 6) is -0.601. The van der Waals surface area contributed by atoms with Gasteiger partial charge in [0.25, 0.3) is 0 Å². The van der Waals surface area contributed by atoms with Gasteiger partial charge in [0, 0.05) is 25.5 Å². The van der Waals surface area contributed by atoms with Crippen LogP contribution in [0.5, 0.6) is 0 Å². The van der Waals surface area contributed by atoms with Gasteiger partial charge in [0.05, 0.1) is 12.9 Å². The molecule has 0 aliphatic rings. The van der Waals surface area contributed by atoms with Crippen molar-refractivity contribution in [2.75, 3.05) is 13.2 Å². The highest BCUT2D eigenvalue weighted by atomic mass is 16.5. The van der Waals surface area contributed by atoms with E-state index in [4.69, 9.17) is 9.15 Å². The van der Waals surface area contributed by atoms with E-state index in [2.05, 4.69) is 10.6 Å². The van der Waals surface area contributed by atoms with Crippen LogP contribution in [0.15, 0.2) is 59.2 Å². The van der Waals surface area contributed by atoms with Crippen LogP contribution in [0, 0.1) is 0 Å². The lowest BCUT2D eigenvalue weighted by Crippen LogP contribution is -2.44. The van der Waals surface area contributed by atoms with E-state index in [0.717, 1.165) is 5.56 Å². The molecule has 2 N–H and O–H groups in total. The van der Waals surface area contributed by atoms with Gasteiger partial charge in [0.2, 0.25) is 11.8 Å². The fourth-order valence-electron chi connectivity index (χ4n) is 2.45. The van der Waals surface area contributed by atoms with E-state index in [1.807, 2.05) is 30.3 Å². The number of ether oxygens (including phenoxy) is 1. The van der Waals surface area contributed by atoms with Gasteiger partial charge in [0.1, 0.15) is 11.8 Å². The Morgan fingerprint density at radius 3 is 2.61 bits per heavy atom. The van der Waals surface area contributed by atoms with E-state index in [-0.39, 0.29) is 31.4 Å². The van der Waals surface area contributed by atoms with Crippen molar-refractivity contribution < 1.29 is 23.5 Å². The fraction of sp³-hybridized carbons (Fsp3) is 0.286. The molecule has 0 spiro atoms. The molecule has 1 atom stereocenters. The number of benzene rings is 1. The zero-order chi connectivity index (χ0) is 20.2. The van der Waals surface area contributed by atoms with Gasteiger partial charge < -0.3 is 19.8 Å². The molecule has 0 saturated heterocycles. The Hall–Kier alpha value is -3.35. The molecule has 148 valence electrons. The molecule has 1 aromatic carbocycles. The van der Waals surface area contributed by atoms with Crippen molar-refractivity contribution in [3.63, 3.8) is 0 Å². The molecule has 7 heteroatoms. The number of carbonyl (C=O) groups is 3. The molecule has 28 heavy (non-hydrogen) atoms. The molecule has 1 heterocycles. The lowest BCUT2D eigenvalue weighted by molar-refractivity contribution is -0.147. The maximum absolute atomic E-state index is 12.2. The van der Waals surface area contributed by atoms with Crippen molar-refractivity contribution in [1.29, 1.82) is 0 Å². The van der Waals surface area contributed by atoms with Crippen molar-refractivity contribution in [2.24, 2.45) is 0 Å². The average molecular weight is 384 g/mol. The maximum atomic E-state index is 12.2. The Balaban J connectivity index is 1.80. The fourth-order valence-corrected chi connectivity index (χ4v) is 2.45. The van der Waals surface area contributed by atoms with E-state index in [9.17, 15) is 14.4 Å². The van der Waals surface area contributed by atoms with Crippen LogP contribution in [0.2, 0.25) is 0 Å². The van der Waals surface area contributed by atoms with E-state index in [0.29, 0.717) is 12.2 Å². The Kier molecular flexibility index (Phi) is 8.52. The summed E-state index contributed by atoms with van der Waals surface area (Å²) in [5.41, 5.74) is 0.914. The third-order valence-electron chi connectivity index (χ3n) is 3.78. The summed E-state index contributed by atoms with van der Waals surface area (Å²) in [6.07, 6.45) is 4.76. The van der Waals surface area contributed by atoms with Gasteiger partial charge in [-0.05, 0) is 30.7 Å². The van der Waals surface area contributed by atoms with Gasteiger partial charge in [-0.15, -0.1) is 0 Å². The first kappa shape index (κ1) is 21.0. The standard InChI is InChI=1S/C21H24N2O5/c1-2-27-21(26)18(15-16-7-4-3-5-8-16)23-20(25)12-13-22-19(24)11-10-17-9-6-14-28-17/h3-11,14,18H,2,12-13,15H2,1H3,(H,22,24)(H,23,25)/b11-10+. The van der Waals surface area contributed by atoms with Crippen LogP contribution < -0.4 is 10.6 Å². The summed E-state index contributed by atoms with van der Waals surface area (Å²) in [7, 11) is 0. The lowest BCUT2D eigenvalue weighted by Gasteiger charge is -2.17. The minimum atomic E-state index is -0.774. The number of hydrogen-bond acceptors (Lipinski definition) is 5. The molecule has 1 unspecified atom stereocenters. The average Bonchev–Trinajstić information content (AvgIpc) is 3.20. The van der Waals surface area contributed by atoms with Gasteiger partial charge >= 0.3 is 5.97 Å². The van der Waals surface area contributed by atoms with Crippen molar-refractivity contribution >= 4 is 23.9 Å². The molecule has 0 radical (unpaired) electrons. The van der Waals surface area contributed by atoms with Gasteiger partial charge in [0.15, 0.2) is 0 Å². The van der Waals surface area contributed by atoms with Gasteiger partial charge in [-0.2, -0.15) is 0 Å². The molecular formula is C21H24N2O5. The molecule has 2 aromatic rings. The molecular weight excluding hydrogens is 360 g/mol. The van der Waals surface area contributed by atoms with Crippen molar-refractivity contribution in [3.05, 3.63) is 66.1 Å². The normalized spacial score (nSPS) is 11.8. The van der Waals surface area contributed by atoms with Crippen LogP contribution >= 0.6 is 0 Å². The molecule has 1 aromatic heterocycles. The zero-order valence-electron chi connectivity index (χ0n) is 15.7. The predicted octanol–water partition coefficient (Wildman–Crippen LogP) is 2.09. The first-order valence-corrected chi connectivity index (χ1v) is 9.08. The largest absolute Gasteiger partial charge is 0.465 e. The van der Waals surface area contributed by atoms with Crippen LogP contribution in [0.25, 0.3) is 6.08 Å². The van der Waals surface area contributed by atoms with Crippen LogP contribution in [0.1, 0.15) is 24.7 Å². The number of rotatable bonds is 10. The smallest absolute Gasteiger partial charge is 0.328 e.